The number of methoxy groups -OCH3 is 1. The molecule has 0 aromatic carbocycles. The van der Waals surface area contributed by atoms with Crippen LogP contribution in [0.2, 0.25) is 0 Å². The van der Waals surface area contributed by atoms with Crippen LogP contribution in [0.4, 0.5) is 0 Å². The van der Waals surface area contributed by atoms with Crippen molar-refractivity contribution in [3.63, 3.8) is 0 Å². The molecule has 0 saturated heterocycles. The van der Waals surface area contributed by atoms with E-state index in [9.17, 15) is 14.7 Å². The summed E-state index contributed by atoms with van der Waals surface area (Å²) in [5.74, 6) is -0.992. The first-order valence-electron chi connectivity index (χ1n) is 11.5. The van der Waals surface area contributed by atoms with Gasteiger partial charge in [0.05, 0.1) is 31.3 Å². The lowest BCUT2D eigenvalue weighted by molar-refractivity contribution is -0.137. The summed E-state index contributed by atoms with van der Waals surface area (Å²) in [5, 5.41) is 16.3. The summed E-state index contributed by atoms with van der Waals surface area (Å²) in [7, 11) is 1.50. The van der Waals surface area contributed by atoms with Crippen molar-refractivity contribution < 1.29 is 19.4 Å². The van der Waals surface area contributed by atoms with Crippen molar-refractivity contribution in [1.29, 1.82) is 0 Å². The fraction of sp³-hybridized carbons (Fsp3) is 0.400. The van der Waals surface area contributed by atoms with Crippen LogP contribution >= 0.6 is 0 Å². The third-order valence-electron chi connectivity index (χ3n) is 6.01. The number of aromatic nitrogens is 4. The van der Waals surface area contributed by atoms with E-state index in [0.717, 1.165) is 31.4 Å². The van der Waals surface area contributed by atoms with Crippen molar-refractivity contribution in [2.75, 3.05) is 7.11 Å². The van der Waals surface area contributed by atoms with E-state index in [-0.39, 0.29) is 12.3 Å². The third-order valence-corrected chi connectivity index (χ3v) is 6.01. The Bertz CT molecular complexity index is 1140. The molecule has 1 aliphatic rings. The van der Waals surface area contributed by atoms with Gasteiger partial charge in [-0.25, -0.2) is 4.98 Å². The van der Waals surface area contributed by atoms with Gasteiger partial charge in [-0.1, -0.05) is 12.1 Å². The van der Waals surface area contributed by atoms with Crippen LogP contribution in [0, 0.1) is 0 Å². The van der Waals surface area contributed by atoms with Gasteiger partial charge in [0.2, 0.25) is 5.88 Å². The van der Waals surface area contributed by atoms with Gasteiger partial charge in [-0.2, -0.15) is 5.10 Å². The Morgan fingerprint density at radius 2 is 2.03 bits per heavy atom. The lowest BCUT2D eigenvalue weighted by Gasteiger charge is -2.17. The van der Waals surface area contributed by atoms with Gasteiger partial charge < -0.3 is 15.2 Å². The number of hydrogen-bond acceptors (Lipinski definition) is 6. The molecule has 178 valence electrons. The lowest BCUT2D eigenvalue weighted by Crippen LogP contribution is -2.30. The van der Waals surface area contributed by atoms with E-state index < -0.39 is 12.0 Å². The van der Waals surface area contributed by atoms with Crippen molar-refractivity contribution in [3.05, 3.63) is 70.9 Å². The van der Waals surface area contributed by atoms with Crippen LogP contribution in [0.5, 0.6) is 5.88 Å². The predicted octanol–water partition coefficient (Wildman–Crippen LogP) is 3.14. The highest BCUT2D eigenvalue weighted by molar-refractivity contribution is 5.94. The minimum Gasteiger partial charge on any atom is -0.481 e. The summed E-state index contributed by atoms with van der Waals surface area (Å²) in [4.78, 5) is 33.0. The Labute approximate surface area is 198 Å². The Hall–Kier alpha value is -3.75. The van der Waals surface area contributed by atoms with E-state index in [0.29, 0.717) is 23.6 Å². The molecular weight excluding hydrogens is 434 g/mol. The molecule has 1 atom stereocenters. The molecule has 3 aromatic heterocycles. The van der Waals surface area contributed by atoms with Crippen LogP contribution < -0.4 is 10.1 Å². The summed E-state index contributed by atoms with van der Waals surface area (Å²) in [6, 6.07) is 6.92. The van der Waals surface area contributed by atoms with Crippen molar-refractivity contribution >= 4 is 11.9 Å². The molecule has 1 amide bonds. The van der Waals surface area contributed by atoms with Crippen LogP contribution in [0.25, 0.3) is 0 Å². The molecule has 4 rings (SSSR count). The minimum atomic E-state index is -1.02. The van der Waals surface area contributed by atoms with Gasteiger partial charge in [0.25, 0.3) is 5.91 Å². The molecule has 1 aliphatic carbocycles. The van der Waals surface area contributed by atoms with Gasteiger partial charge in [-0.15, -0.1) is 0 Å². The number of rotatable bonds is 10. The maximum absolute atomic E-state index is 12.8. The van der Waals surface area contributed by atoms with Gasteiger partial charge in [0.15, 0.2) is 0 Å². The molecular formula is C25H29N5O4. The predicted molar refractivity (Wildman–Crippen MR) is 125 cm³/mol. The monoisotopic (exact) mass is 463 g/mol. The zero-order valence-corrected chi connectivity index (χ0v) is 19.2. The van der Waals surface area contributed by atoms with Gasteiger partial charge in [-0.05, 0) is 55.7 Å². The molecule has 0 fully saturated rings. The lowest BCUT2D eigenvalue weighted by atomic mass is 9.95. The SMILES string of the molecule is COc1ccc([C@H](CC(=O)O)NC(=O)c2cnn(CCCc3ccc4c(n3)CCCC4)c2)cn1. The van der Waals surface area contributed by atoms with Gasteiger partial charge in [0.1, 0.15) is 0 Å². The molecule has 3 heterocycles. The number of amides is 1. The van der Waals surface area contributed by atoms with E-state index in [1.165, 1.54) is 43.6 Å². The van der Waals surface area contributed by atoms with E-state index >= 15 is 0 Å². The first kappa shape index (κ1) is 23.4. The number of aliphatic carboxylic acids is 1. The Morgan fingerprint density at radius 1 is 1.18 bits per heavy atom. The second-order valence-corrected chi connectivity index (χ2v) is 8.47. The Morgan fingerprint density at radius 3 is 2.79 bits per heavy atom. The van der Waals surface area contributed by atoms with Crippen molar-refractivity contribution in [3.8, 4) is 5.88 Å². The van der Waals surface area contributed by atoms with E-state index in [1.54, 1.807) is 23.0 Å². The first-order valence-corrected chi connectivity index (χ1v) is 11.5. The van der Waals surface area contributed by atoms with E-state index in [2.05, 4.69) is 27.5 Å². The third kappa shape index (κ3) is 5.98. The average molecular weight is 464 g/mol. The van der Waals surface area contributed by atoms with Gasteiger partial charge in [0, 0.05) is 36.4 Å². The quantitative estimate of drug-likeness (QED) is 0.474. The maximum atomic E-state index is 12.8. The van der Waals surface area contributed by atoms with Crippen LogP contribution in [0.1, 0.15) is 64.6 Å². The summed E-state index contributed by atoms with van der Waals surface area (Å²) in [6.45, 7) is 0.660. The minimum absolute atomic E-state index is 0.262. The number of nitrogens with zero attached hydrogens (tertiary/aromatic N) is 4. The first-order chi connectivity index (χ1) is 16.5. The molecule has 34 heavy (non-hydrogen) atoms. The maximum Gasteiger partial charge on any atom is 0.305 e. The molecule has 0 spiro atoms. The summed E-state index contributed by atoms with van der Waals surface area (Å²) < 4.78 is 6.77. The fourth-order valence-electron chi connectivity index (χ4n) is 4.18. The second kappa shape index (κ2) is 10.9. The van der Waals surface area contributed by atoms with Crippen molar-refractivity contribution in [2.24, 2.45) is 0 Å². The fourth-order valence-corrected chi connectivity index (χ4v) is 4.18. The topological polar surface area (TPSA) is 119 Å². The Kier molecular flexibility index (Phi) is 7.51. The number of carboxylic acid groups (broad SMARTS) is 1. The highest BCUT2D eigenvalue weighted by Gasteiger charge is 2.20. The molecule has 0 unspecified atom stereocenters. The van der Waals surface area contributed by atoms with E-state index in [4.69, 9.17) is 9.72 Å². The smallest absolute Gasteiger partial charge is 0.305 e. The number of carbonyl (C=O) groups excluding carboxylic acids is 1. The molecule has 9 heteroatoms. The van der Waals surface area contributed by atoms with Crippen LogP contribution in [0.3, 0.4) is 0 Å². The molecule has 3 aromatic rings. The highest BCUT2D eigenvalue weighted by atomic mass is 16.5. The number of aryl methyl sites for hydroxylation is 4. The molecule has 2 N–H and O–H groups in total. The molecule has 0 saturated carbocycles. The van der Waals surface area contributed by atoms with Gasteiger partial charge in [-0.3, -0.25) is 19.3 Å². The summed E-state index contributed by atoms with van der Waals surface area (Å²) in [5.41, 5.74) is 4.68. The number of pyridine rings is 2. The van der Waals surface area contributed by atoms with Gasteiger partial charge >= 0.3 is 5.97 Å². The number of carboxylic acids is 1. The molecule has 0 radical (unpaired) electrons. The molecule has 0 bridgehead atoms. The Balaban J connectivity index is 1.33. The second-order valence-electron chi connectivity index (χ2n) is 8.47. The van der Waals surface area contributed by atoms with Crippen molar-refractivity contribution in [1.82, 2.24) is 25.1 Å². The van der Waals surface area contributed by atoms with E-state index in [1.807, 2.05) is 0 Å². The van der Waals surface area contributed by atoms with Crippen LogP contribution in [-0.4, -0.2) is 43.8 Å². The molecule has 0 aliphatic heterocycles. The van der Waals surface area contributed by atoms with Crippen LogP contribution in [-0.2, 0) is 30.6 Å². The summed E-state index contributed by atoms with van der Waals surface area (Å²) in [6.07, 6.45) is 10.8. The zero-order valence-electron chi connectivity index (χ0n) is 19.2. The number of carbonyl (C=O) groups is 2. The standard InChI is InChI=1S/C25H29N5O4/c1-34-23-11-9-18(14-26-23)22(13-24(31)32)29-25(33)19-15-27-30(16-19)12-4-6-20-10-8-17-5-2-3-7-21(17)28-20/h8-11,14-16,22H,2-7,12-13H2,1H3,(H,29,33)(H,31,32)/t22-/m0/s1. The number of ether oxygens (including phenoxy) is 1. The number of nitrogens with one attached hydrogen (secondary N) is 1. The summed E-state index contributed by atoms with van der Waals surface area (Å²) >= 11 is 0. The largest absolute Gasteiger partial charge is 0.481 e. The zero-order chi connectivity index (χ0) is 23.9. The molecule has 9 nitrogen and oxygen atoms in total. The van der Waals surface area contributed by atoms with Crippen molar-refractivity contribution in [2.45, 2.75) is 57.5 Å². The normalized spacial score (nSPS) is 13.7. The number of hydrogen-bond donors (Lipinski definition) is 2. The average Bonchev–Trinajstić information content (AvgIpc) is 3.32. The van der Waals surface area contributed by atoms with Crippen LogP contribution in [0.15, 0.2) is 42.9 Å². The number of fused-ring (bicyclic) bond motifs is 1. The highest BCUT2D eigenvalue weighted by Crippen LogP contribution is 2.21.